The van der Waals surface area contributed by atoms with Crippen LogP contribution in [0.4, 0.5) is 0 Å². The van der Waals surface area contributed by atoms with E-state index in [9.17, 15) is 4.79 Å². The van der Waals surface area contributed by atoms with Gasteiger partial charge in [-0.15, -0.1) is 11.3 Å². The van der Waals surface area contributed by atoms with E-state index in [1.807, 2.05) is 37.4 Å². The van der Waals surface area contributed by atoms with E-state index < -0.39 is 0 Å². The highest BCUT2D eigenvalue weighted by molar-refractivity contribution is 7.22. The number of rotatable bonds is 6. The fourth-order valence-corrected chi connectivity index (χ4v) is 4.43. The number of aromatic amines is 1. The first-order valence-electron chi connectivity index (χ1n) is 9.88. The maximum atomic E-state index is 12.7. The lowest BCUT2D eigenvalue weighted by Gasteiger charge is -2.24. The van der Waals surface area contributed by atoms with E-state index in [2.05, 4.69) is 48.0 Å². The molecule has 154 valence electrons. The summed E-state index contributed by atoms with van der Waals surface area (Å²) >= 11 is 1.46. The van der Waals surface area contributed by atoms with Crippen molar-refractivity contribution in [1.82, 2.24) is 14.9 Å². The summed E-state index contributed by atoms with van der Waals surface area (Å²) < 4.78 is 5.88. The third kappa shape index (κ3) is 4.15. The van der Waals surface area contributed by atoms with Crippen molar-refractivity contribution in [3.8, 4) is 16.2 Å². The number of nitrogens with zero attached hydrogens (tertiary/aromatic N) is 2. The molecule has 0 aliphatic rings. The van der Waals surface area contributed by atoms with Crippen LogP contribution in [0.2, 0.25) is 0 Å². The zero-order valence-corrected chi connectivity index (χ0v) is 18.4. The van der Waals surface area contributed by atoms with E-state index in [4.69, 9.17) is 9.72 Å². The lowest BCUT2D eigenvalue weighted by Crippen LogP contribution is -2.24. The van der Waals surface area contributed by atoms with Crippen molar-refractivity contribution in [1.29, 1.82) is 0 Å². The number of nitrogens with one attached hydrogen (secondary N) is 1. The number of aromatic nitrogens is 2. The lowest BCUT2D eigenvalue weighted by atomic mass is 10.1. The van der Waals surface area contributed by atoms with Crippen molar-refractivity contribution >= 4 is 21.6 Å². The number of fused-ring (bicyclic) bond motifs is 1. The van der Waals surface area contributed by atoms with E-state index in [0.29, 0.717) is 17.1 Å². The SMILES string of the molecule is COc1ccc(-c2cc3nc(CN(C)C(C)c4ccc(C)cc4)[nH]c(=O)c3s2)cc1. The standard InChI is InChI=1S/C24H25N3O2S/c1-15-5-7-17(8-6-15)16(2)27(3)14-22-25-20-13-21(30-23(20)24(28)26-22)18-9-11-19(29-4)12-10-18/h5-13,16H,14H2,1-4H3,(H,25,26,28). The highest BCUT2D eigenvalue weighted by atomic mass is 32.1. The number of ether oxygens (including phenoxy) is 1. The molecule has 2 aromatic heterocycles. The molecule has 4 aromatic rings. The molecule has 0 saturated carbocycles. The Bertz CT molecular complexity index is 1210. The Morgan fingerprint density at radius 2 is 1.83 bits per heavy atom. The maximum Gasteiger partial charge on any atom is 0.268 e. The summed E-state index contributed by atoms with van der Waals surface area (Å²) in [6, 6.07) is 18.6. The van der Waals surface area contributed by atoms with E-state index in [-0.39, 0.29) is 11.6 Å². The first-order chi connectivity index (χ1) is 14.4. The molecule has 2 aromatic carbocycles. The summed E-state index contributed by atoms with van der Waals surface area (Å²) in [5, 5.41) is 0. The predicted octanol–water partition coefficient (Wildman–Crippen LogP) is 5.16. The molecule has 0 spiro atoms. The fraction of sp³-hybridized carbons (Fsp3) is 0.250. The largest absolute Gasteiger partial charge is 0.497 e. The Morgan fingerprint density at radius 1 is 1.13 bits per heavy atom. The fourth-order valence-electron chi connectivity index (χ4n) is 3.43. The number of thiophene rings is 1. The van der Waals surface area contributed by atoms with Gasteiger partial charge in [0.25, 0.3) is 5.56 Å². The number of H-pyrrole nitrogens is 1. The molecule has 1 unspecified atom stereocenters. The molecule has 1 atom stereocenters. The zero-order valence-electron chi connectivity index (χ0n) is 17.6. The van der Waals surface area contributed by atoms with Gasteiger partial charge in [-0.1, -0.05) is 29.8 Å². The van der Waals surface area contributed by atoms with Gasteiger partial charge in [0.05, 0.1) is 19.2 Å². The normalized spacial score (nSPS) is 12.4. The second-order valence-corrected chi connectivity index (χ2v) is 8.62. The molecule has 6 heteroatoms. The summed E-state index contributed by atoms with van der Waals surface area (Å²) in [6.07, 6.45) is 0. The first kappa shape index (κ1) is 20.3. The minimum Gasteiger partial charge on any atom is -0.497 e. The van der Waals surface area contributed by atoms with Crippen molar-refractivity contribution in [2.45, 2.75) is 26.4 Å². The molecular formula is C24H25N3O2S. The van der Waals surface area contributed by atoms with Crippen molar-refractivity contribution in [2.75, 3.05) is 14.2 Å². The van der Waals surface area contributed by atoms with Gasteiger partial charge in [0.15, 0.2) is 0 Å². The Labute approximate surface area is 180 Å². The average Bonchev–Trinajstić information content (AvgIpc) is 3.18. The van der Waals surface area contributed by atoms with Gasteiger partial charge in [-0.2, -0.15) is 0 Å². The van der Waals surface area contributed by atoms with Gasteiger partial charge in [0.1, 0.15) is 16.3 Å². The topological polar surface area (TPSA) is 58.2 Å². The second kappa shape index (κ2) is 8.42. The highest BCUT2D eigenvalue weighted by Gasteiger charge is 2.15. The summed E-state index contributed by atoms with van der Waals surface area (Å²) in [6.45, 7) is 4.81. The van der Waals surface area contributed by atoms with Gasteiger partial charge in [0.2, 0.25) is 0 Å². The van der Waals surface area contributed by atoms with Gasteiger partial charge >= 0.3 is 0 Å². The highest BCUT2D eigenvalue weighted by Crippen LogP contribution is 2.32. The molecule has 1 N–H and O–H groups in total. The maximum absolute atomic E-state index is 12.7. The molecule has 0 aliphatic carbocycles. The summed E-state index contributed by atoms with van der Waals surface area (Å²) in [7, 11) is 3.70. The van der Waals surface area contributed by atoms with Crippen LogP contribution < -0.4 is 10.3 Å². The van der Waals surface area contributed by atoms with E-state index in [0.717, 1.165) is 21.7 Å². The molecule has 4 rings (SSSR count). The monoisotopic (exact) mass is 419 g/mol. The Morgan fingerprint density at radius 3 is 2.50 bits per heavy atom. The zero-order chi connectivity index (χ0) is 21.3. The Balaban J connectivity index is 1.59. The molecule has 0 amide bonds. The number of aryl methyl sites for hydroxylation is 1. The molecular weight excluding hydrogens is 394 g/mol. The van der Waals surface area contributed by atoms with E-state index in [1.54, 1.807) is 7.11 Å². The Hall–Kier alpha value is -2.96. The lowest BCUT2D eigenvalue weighted by molar-refractivity contribution is 0.247. The van der Waals surface area contributed by atoms with Crippen LogP contribution in [0.5, 0.6) is 5.75 Å². The van der Waals surface area contributed by atoms with E-state index >= 15 is 0 Å². The summed E-state index contributed by atoms with van der Waals surface area (Å²) in [5.41, 5.74) is 4.18. The molecule has 0 bridgehead atoms. The first-order valence-corrected chi connectivity index (χ1v) is 10.7. The molecule has 0 fully saturated rings. The van der Waals surface area contributed by atoms with Gasteiger partial charge in [-0.25, -0.2) is 4.98 Å². The van der Waals surface area contributed by atoms with Gasteiger partial charge < -0.3 is 9.72 Å². The number of hydrogen-bond donors (Lipinski definition) is 1. The van der Waals surface area contributed by atoms with Crippen LogP contribution in [0, 0.1) is 6.92 Å². The average molecular weight is 420 g/mol. The van der Waals surface area contributed by atoms with Gasteiger partial charge in [0, 0.05) is 10.9 Å². The van der Waals surface area contributed by atoms with Crippen molar-refractivity contribution in [3.63, 3.8) is 0 Å². The van der Waals surface area contributed by atoms with Crippen molar-refractivity contribution < 1.29 is 4.74 Å². The van der Waals surface area contributed by atoms with Crippen molar-refractivity contribution in [2.24, 2.45) is 0 Å². The molecule has 0 aliphatic heterocycles. The molecule has 30 heavy (non-hydrogen) atoms. The minimum absolute atomic E-state index is 0.0869. The van der Waals surface area contributed by atoms with Crippen LogP contribution in [-0.2, 0) is 6.54 Å². The smallest absolute Gasteiger partial charge is 0.268 e. The van der Waals surface area contributed by atoms with Crippen LogP contribution in [0.15, 0.2) is 59.4 Å². The molecule has 0 saturated heterocycles. The van der Waals surface area contributed by atoms with Crippen LogP contribution in [0.1, 0.15) is 29.9 Å². The quantitative estimate of drug-likeness (QED) is 0.469. The number of benzene rings is 2. The third-order valence-corrected chi connectivity index (χ3v) is 6.60. The van der Waals surface area contributed by atoms with Gasteiger partial charge in [-0.3, -0.25) is 9.69 Å². The van der Waals surface area contributed by atoms with E-state index in [1.165, 1.54) is 22.5 Å². The van der Waals surface area contributed by atoms with Gasteiger partial charge in [-0.05, 0) is 62.4 Å². The number of hydrogen-bond acceptors (Lipinski definition) is 5. The van der Waals surface area contributed by atoms with Crippen LogP contribution >= 0.6 is 11.3 Å². The predicted molar refractivity (Wildman–Crippen MR) is 123 cm³/mol. The molecule has 0 radical (unpaired) electrons. The number of methoxy groups -OCH3 is 1. The summed E-state index contributed by atoms with van der Waals surface area (Å²) in [4.78, 5) is 23.6. The van der Waals surface area contributed by atoms with Crippen LogP contribution in [-0.4, -0.2) is 29.0 Å². The molecule has 2 heterocycles. The van der Waals surface area contributed by atoms with Crippen LogP contribution in [0.3, 0.4) is 0 Å². The molecule has 5 nitrogen and oxygen atoms in total. The third-order valence-electron chi connectivity index (χ3n) is 5.43. The Kier molecular flexibility index (Phi) is 5.70. The minimum atomic E-state index is -0.0869. The summed E-state index contributed by atoms with van der Waals surface area (Å²) in [5.74, 6) is 1.48. The van der Waals surface area contributed by atoms with Crippen LogP contribution in [0.25, 0.3) is 20.7 Å². The van der Waals surface area contributed by atoms with Crippen molar-refractivity contribution in [3.05, 3.63) is 81.9 Å². The second-order valence-electron chi connectivity index (χ2n) is 7.57.